The van der Waals surface area contributed by atoms with Gasteiger partial charge in [0.15, 0.2) is 0 Å². The maximum absolute atomic E-state index is 12.8. The molecule has 0 aromatic carbocycles. The van der Waals surface area contributed by atoms with Gasteiger partial charge in [0.1, 0.15) is 5.82 Å². The zero-order chi connectivity index (χ0) is 14.6. The molecule has 112 valence electrons. The summed E-state index contributed by atoms with van der Waals surface area (Å²) in [6, 6.07) is 2.81. The largest absolute Gasteiger partial charge is 0.389 e. The van der Waals surface area contributed by atoms with Crippen LogP contribution < -0.4 is 0 Å². The average Bonchev–Trinajstić information content (AvgIpc) is 2.83. The molecular weight excluding hydrogens is 259 g/mol. The van der Waals surface area contributed by atoms with Crippen LogP contribution in [-0.4, -0.2) is 45.8 Å². The fourth-order valence-electron chi connectivity index (χ4n) is 2.85. The SMILES string of the molecule is CN(CCC(O)c1ccc(F)cn1)CC1(O)CCCC1. The van der Waals surface area contributed by atoms with Gasteiger partial charge < -0.3 is 15.1 Å². The molecule has 0 bridgehead atoms. The van der Waals surface area contributed by atoms with E-state index in [1.807, 2.05) is 11.9 Å². The number of aliphatic hydroxyl groups excluding tert-OH is 1. The first-order valence-corrected chi connectivity index (χ1v) is 7.19. The van der Waals surface area contributed by atoms with Gasteiger partial charge in [-0.1, -0.05) is 12.8 Å². The summed E-state index contributed by atoms with van der Waals surface area (Å²) in [7, 11) is 1.95. The molecule has 2 rings (SSSR count). The molecule has 0 radical (unpaired) electrons. The zero-order valence-corrected chi connectivity index (χ0v) is 11.9. The highest BCUT2D eigenvalue weighted by Crippen LogP contribution is 2.30. The van der Waals surface area contributed by atoms with E-state index in [-0.39, 0.29) is 0 Å². The van der Waals surface area contributed by atoms with Gasteiger partial charge in [0, 0.05) is 13.1 Å². The summed E-state index contributed by atoms with van der Waals surface area (Å²) in [6.07, 6.45) is 4.84. The summed E-state index contributed by atoms with van der Waals surface area (Å²) in [4.78, 5) is 5.92. The van der Waals surface area contributed by atoms with Crippen LogP contribution in [0.3, 0.4) is 0 Å². The highest BCUT2D eigenvalue weighted by atomic mass is 19.1. The first-order chi connectivity index (χ1) is 9.48. The van der Waals surface area contributed by atoms with E-state index in [4.69, 9.17) is 0 Å². The van der Waals surface area contributed by atoms with E-state index in [1.165, 1.54) is 12.1 Å². The first kappa shape index (κ1) is 15.4. The van der Waals surface area contributed by atoms with Gasteiger partial charge in [0.05, 0.1) is 23.6 Å². The number of nitrogens with zero attached hydrogens (tertiary/aromatic N) is 2. The smallest absolute Gasteiger partial charge is 0.141 e. The number of likely N-dealkylation sites (N-methyl/N-ethyl adjacent to an activating group) is 1. The normalized spacial score (nSPS) is 19.4. The molecule has 1 heterocycles. The second-order valence-electron chi connectivity index (χ2n) is 5.87. The molecule has 1 aromatic heterocycles. The minimum Gasteiger partial charge on any atom is -0.389 e. The van der Waals surface area contributed by atoms with E-state index in [0.29, 0.717) is 25.2 Å². The van der Waals surface area contributed by atoms with E-state index in [2.05, 4.69) is 4.98 Å². The predicted molar refractivity (Wildman–Crippen MR) is 74.7 cm³/mol. The van der Waals surface area contributed by atoms with Gasteiger partial charge in [-0.25, -0.2) is 4.39 Å². The molecule has 20 heavy (non-hydrogen) atoms. The van der Waals surface area contributed by atoms with Gasteiger partial charge >= 0.3 is 0 Å². The Labute approximate surface area is 119 Å². The van der Waals surface area contributed by atoms with E-state index in [1.54, 1.807) is 0 Å². The first-order valence-electron chi connectivity index (χ1n) is 7.19. The standard InChI is InChI=1S/C15H23FN2O2/c1-18(11-15(20)7-2-3-8-15)9-6-14(19)13-5-4-12(16)10-17-13/h4-5,10,14,19-20H,2-3,6-9,11H2,1H3. The number of pyridine rings is 1. The lowest BCUT2D eigenvalue weighted by molar-refractivity contribution is 0.0127. The van der Waals surface area contributed by atoms with Crippen LogP contribution in [0.2, 0.25) is 0 Å². The summed E-state index contributed by atoms with van der Waals surface area (Å²) in [5.74, 6) is -0.401. The van der Waals surface area contributed by atoms with Crippen LogP contribution in [0, 0.1) is 5.82 Å². The quantitative estimate of drug-likeness (QED) is 0.836. The molecule has 0 amide bonds. The Balaban J connectivity index is 1.77. The van der Waals surface area contributed by atoms with Crippen LogP contribution in [0.1, 0.15) is 43.9 Å². The number of hydrogen-bond donors (Lipinski definition) is 2. The Morgan fingerprint density at radius 1 is 1.40 bits per heavy atom. The molecule has 1 saturated carbocycles. The maximum atomic E-state index is 12.8. The van der Waals surface area contributed by atoms with Crippen molar-refractivity contribution < 1.29 is 14.6 Å². The molecule has 1 atom stereocenters. The molecule has 2 N–H and O–H groups in total. The van der Waals surface area contributed by atoms with E-state index < -0.39 is 17.5 Å². The second-order valence-corrected chi connectivity index (χ2v) is 5.87. The summed E-state index contributed by atoms with van der Waals surface area (Å²) >= 11 is 0. The third-order valence-electron chi connectivity index (χ3n) is 3.97. The van der Waals surface area contributed by atoms with E-state index >= 15 is 0 Å². The number of aliphatic hydroxyl groups is 2. The minimum absolute atomic E-state index is 0.401. The summed E-state index contributed by atoms with van der Waals surface area (Å²) in [5, 5.41) is 20.3. The Hall–Kier alpha value is -1.04. The fraction of sp³-hybridized carbons (Fsp3) is 0.667. The Morgan fingerprint density at radius 2 is 2.10 bits per heavy atom. The number of rotatable bonds is 6. The van der Waals surface area contributed by atoms with Crippen LogP contribution >= 0.6 is 0 Å². The Bertz CT molecular complexity index is 418. The molecular formula is C15H23FN2O2. The maximum Gasteiger partial charge on any atom is 0.141 e. The van der Waals surface area contributed by atoms with Crippen molar-refractivity contribution in [2.24, 2.45) is 0 Å². The van der Waals surface area contributed by atoms with E-state index in [9.17, 15) is 14.6 Å². The van der Waals surface area contributed by atoms with Crippen molar-refractivity contribution in [1.29, 1.82) is 0 Å². The second kappa shape index (κ2) is 6.61. The van der Waals surface area contributed by atoms with Crippen LogP contribution in [0.5, 0.6) is 0 Å². The van der Waals surface area contributed by atoms with Gasteiger partial charge in [-0.15, -0.1) is 0 Å². The molecule has 1 aromatic rings. The van der Waals surface area contributed by atoms with Crippen LogP contribution in [0.4, 0.5) is 4.39 Å². The third-order valence-corrected chi connectivity index (χ3v) is 3.97. The molecule has 1 unspecified atom stereocenters. The van der Waals surface area contributed by atoms with Gasteiger partial charge in [-0.3, -0.25) is 4.98 Å². The topological polar surface area (TPSA) is 56.6 Å². The Morgan fingerprint density at radius 3 is 2.70 bits per heavy atom. The summed E-state index contributed by atoms with van der Waals surface area (Å²) in [5.41, 5.74) is -0.0761. The molecule has 1 fully saturated rings. The van der Waals surface area contributed by atoms with Crippen molar-refractivity contribution in [2.45, 2.75) is 43.8 Å². The molecule has 0 aliphatic heterocycles. The fourth-order valence-corrected chi connectivity index (χ4v) is 2.85. The van der Waals surface area contributed by atoms with Crippen molar-refractivity contribution in [3.05, 3.63) is 29.8 Å². The molecule has 1 aliphatic carbocycles. The average molecular weight is 282 g/mol. The van der Waals surface area contributed by atoms with Gasteiger partial charge in [-0.05, 0) is 38.4 Å². The van der Waals surface area contributed by atoms with Crippen molar-refractivity contribution in [3.63, 3.8) is 0 Å². The van der Waals surface area contributed by atoms with Crippen molar-refractivity contribution in [1.82, 2.24) is 9.88 Å². The predicted octanol–water partition coefficient (Wildman–Crippen LogP) is 1.88. The third kappa shape index (κ3) is 4.23. The van der Waals surface area contributed by atoms with E-state index in [0.717, 1.165) is 31.9 Å². The number of hydrogen-bond acceptors (Lipinski definition) is 4. The lowest BCUT2D eigenvalue weighted by Crippen LogP contribution is -2.39. The lowest BCUT2D eigenvalue weighted by atomic mass is 10.0. The number of aromatic nitrogens is 1. The number of halogens is 1. The molecule has 4 nitrogen and oxygen atoms in total. The van der Waals surface area contributed by atoms with Crippen molar-refractivity contribution >= 4 is 0 Å². The lowest BCUT2D eigenvalue weighted by Gasteiger charge is -2.29. The van der Waals surface area contributed by atoms with Gasteiger partial charge in [-0.2, -0.15) is 0 Å². The molecule has 0 saturated heterocycles. The van der Waals surface area contributed by atoms with Crippen LogP contribution in [-0.2, 0) is 0 Å². The zero-order valence-electron chi connectivity index (χ0n) is 11.9. The van der Waals surface area contributed by atoms with Gasteiger partial charge in [0.25, 0.3) is 0 Å². The highest BCUT2D eigenvalue weighted by molar-refractivity contribution is 5.07. The van der Waals surface area contributed by atoms with Crippen molar-refractivity contribution in [2.75, 3.05) is 20.1 Å². The van der Waals surface area contributed by atoms with Crippen molar-refractivity contribution in [3.8, 4) is 0 Å². The minimum atomic E-state index is -0.698. The molecule has 1 aliphatic rings. The molecule has 0 spiro atoms. The van der Waals surface area contributed by atoms with Gasteiger partial charge in [0.2, 0.25) is 0 Å². The van der Waals surface area contributed by atoms with Crippen LogP contribution in [0.25, 0.3) is 0 Å². The molecule has 5 heteroatoms. The summed E-state index contributed by atoms with van der Waals surface area (Å²) < 4.78 is 12.8. The monoisotopic (exact) mass is 282 g/mol. The van der Waals surface area contributed by atoms with Crippen LogP contribution in [0.15, 0.2) is 18.3 Å². The highest BCUT2D eigenvalue weighted by Gasteiger charge is 2.32. The Kier molecular flexibility index (Phi) is 5.07. The summed E-state index contributed by atoms with van der Waals surface area (Å²) in [6.45, 7) is 1.30.